The first kappa shape index (κ1) is 19.4. The van der Waals surface area contributed by atoms with E-state index in [9.17, 15) is 18.0 Å². The number of hydrogen-bond acceptors (Lipinski definition) is 3. The van der Waals surface area contributed by atoms with Crippen LogP contribution < -0.4 is 10.2 Å². The minimum Gasteiger partial charge on any atom is -0.353 e. The van der Waals surface area contributed by atoms with Gasteiger partial charge in [0.05, 0.1) is 5.69 Å². The van der Waals surface area contributed by atoms with Gasteiger partial charge in [0.15, 0.2) is 17.5 Å². The SMILES string of the molecule is CCN(Cc1ccccc1)c1cc(C(=O)Nc2ccc(F)c(F)c2F)ccn1. The summed E-state index contributed by atoms with van der Waals surface area (Å²) in [4.78, 5) is 18.7. The zero-order valence-corrected chi connectivity index (χ0v) is 15.1. The Morgan fingerprint density at radius 3 is 2.50 bits per heavy atom. The Balaban J connectivity index is 1.80. The molecular weight excluding hydrogens is 367 g/mol. The number of anilines is 2. The fraction of sp³-hybridized carbons (Fsp3) is 0.143. The third-order valence-electron chi connectivity index (χ3n) is 4.21. The highest BCUT2D eigenvalue weighted by Crippen LogP contribution is 2.21. The molecule has 28 heavy (non-hydrogen) atoms. The van der Waals surface area contributed by atoms with Crippen LogP contribution in [0, 0.1) is 17.5 Å². The molecule has 1 N–H and O–H groups in total. The number of rotatable bonds is 6. The van der Waals surface area contributed by atoms with Gasteiger partial charge in [0, 0.05) is 24.8 Å². The number of hydrogen-bond donors (Lipinski definition) is 1. The Morgan fingerprint density at radius 1 is 1.04 bits per heavy atom. The van der Waals surface area contributed by atoms with E-state index in [1.807, 2.05) is 42.2 Å². The van der Waals surface area contributed by atoms with E-state index in [1.165, 1.54) is 12.3 Å². The lowest BCUT2D eigenvalue weighted by atomic mass is 10.2. The molecule has 144 valence electrons. The number of pyridine rings is 1. The Labute approximate surface area is 160 Å². The Hall–Kier alpha value is -3.35. The number of carbonyl (C=O) groups is 1. The van der Waals surface area contributed by atoms with E-state index in [0.717, 1.165) is 17.7 Å². The predicted octanol–water partition coefficient (Wildman–Crippen LogP) is 4.78. The molecule has 0 aliphatic rings. The van der Waals surface area contributed by atoms with Crippen molar-refractivity contribution in [3.05, 3.63) is 89.4 Å². The molecule has 7 heteroatoms. The van der Waals surface area contributed by atoms with Gasteiger partial charge < -0.3 is 10.2 Å². The van der Waals surface area contributed by atoms with Crippen LogP contribution in [-0.4, -0.2) is 17.4 Å². The summed E-state index contributed by atoms with van der Waals surface area (Å²) in [6, 6.07) is 14.6. The molecule has 0 unspecified atom stereocenters. The molecule has 2 aromatic carbocycles. The molecule has 0 fully saturated rings. The van der Waals surface area contributed by atoms with Crippen LogP contribution in [0.5, 0.6) is 0 Å². The van der Waals surface area contributed by atoms with Gasteiger partial charge in [-0.15, -0.1) is 0 Å². The van der Waals surface area contributed by atoms with Crippen molar-refractivity contribution in [2.24, 2.45) is 0 Å². The topological polar surface area (TPSA) is 45.2 Å². The standard InChI is InChI=1S/C21H18F3N3O/c1-2-27(13-14-6-4-3-5-7-14)18-12-15(10-11-25-18)21(28)26-17-9-8-16(22)19(23)20(17)24/h3-12H,2,13H2,1H3,(H,26,28). The van der Waals surface area contributed by atoms with Crippen molar-refractivity contribution in [1.82, 2.24) is 4.98 Å². The van der Waals surface area contributed by atoms with Crippen LogP contribution in [0.25, 0.3) is 0 Å². The van der Waals surface area contributed by atoms with Gasteiger partial charge >= 0.3 is 0 Å². The van der Waals surface area contributed by atoms with E-state index in [-0.39, 0.29) is 5.56 Å². The van der Waals surface area contributed by atoms with Crippen molar-refractivity contribution in [3.8, 4) is 0 Å². The van der Waals surface area contributed by atoms with Gasteiger partial charge in [0.1, 0.15) is 5.82 Å². The molecule has 1 heterocycles. The van der Waals surface area contributed by atoms with Gasteiger partial charge in [-0.2, -0.15) is 0 Å². The molecule has 4 nitrogen and oxygen atoms in total. The zero-order valence-electron chi connectivity index (χ0n) is 15.1. The molecule has 0 aliphatic heterocycles. The van der Waals surface area contributed by atoms with E-state index < -0.39 is 29.0 Å². The minimum atomic E-state index is -1.63. The second-order valence-corrected chi connectivity index (χ2v) is 6.08. The number of nitrogens with one attached hydrogen (secondary N) is 1. The molecule has 3 rings (SSSR count). The smallest absolute Gasteiger partial charge is 0.255 e. The fourth-order valence-corrected chi connectivity index (χ4v) is 2.71. The van der Waals surface area contributed by atoms with Gasteiger partial charge in [0.2, 0.25) is 0 Å². The molecule has 0 atom stereocenters. The van der Waals surface area contributed by atoms with Crippen molar-refractivity contribution in [3.63, 3.8) is 0 Å². The largest absolute Gasteiger partial charge is 0.353 e. The Kier molecular flexibility index (Phi) is 5.93. The average Bonchev–Trinajstić information content (AvgIpc) is 2.73. The van der Waals surface area contributed by atoms with Crippen LogP contribution in [0.3, 0.4) is 0 Å². The van der Waals surface area contributed by atoms with Gasteiger partial charge in [0.25, 0.3) is 5.91 Å². The number of aromatic nitrogens is 1. The first-order chi connectivity index (χ1) is 13.5. The maximum Gasteiger partial charge on any atom is 0.255 e. The minimum absolute atomic E-state index is 0.223. The highest BCUT2D eigenvalue weighted by Gasteiger charge is 2.17. The number of nitrogens with zero attached hydrogens (tertiary/aromatic N) is 2. The lowest BCUT2D eigenvalue weighted by Gasteiger charge is -2.22. The van der Waals surface area contributed by atoms with Gasteiger partial charge in [-0.3, -0.25) is 4.79 Å². The summed E-state index contributed by atoms with van der Waals surface area (Å²) in [6.45, 7) is 3.23. The number of halogens is 3. The van der Waals surface area contributed by atoms with E-state index in [1.54, 1.807) is 6.07 Å². The molecule has 0 radical (unpaired) electrons. The molecule has 0 aliphatic carbocycles. The maximum absolute atomic E-state index is 13.8. The molecule has 0 spiro atoms. The van der Waals surface area contributed by atoms with Gasteiger partial charge in [-0.05, 0) is 36.8 Å². The van der Waals surface area contributed by atoms with Crippen molar-refractivity contribution < 1.29 is 18.0 Å². The highest BCUT2D eigenvalue weighted by molar-refractivity contribution is 6.04. The van der Waals surface area contributed by atoms with E-state index >= 15 is 0 Å². The molecule has 0 saturated heterocycles. The third-order valence-corrected chi connectivity index (χ3v) is 4.21. The van der Waals surface area contributed by atoms with Crippen molar-refractivity contribution in [1.29, 1.82) is 0 Å². The quantitative estimate of drug-likeness (QED) is 0.622. The normalized spacial score (nSPS) is 10.6. The van der Waals surface area contributed by atoms with Crippen molar-refractivity contribution in [2.75, 3.05) is 16.8 Å². The highest BCUT2D eigenvalue weighted by atomic mass is 19.2. The predicted molar refractivity (Wildman–Crippen MR) is 102 cm³/mol. The van der Waals surface area contributed by atoms with Crippen LogP contribution in [0.2, 0.25) is 0 Å². The van der Waals surface area contributed by atoms with Crippen LogP contribution >= 0.6 is 0 Å². The van der Waals surface area contributed by atoms with Crippen molar-refractivity contribution >= 4 is 17.4 Å². The molecule has 1 amide bonds. The van der Waals surface area contributed by atoms with E-state index in [2.05, 4.69) is 10.3 Å². The summed E-state index contributed by atoms with van der Waals surface area (Å²) in [6.07, 6.45) is 1.47. The van der Waals surface area contributed by atoms with Gasteiger partial charge in [-0.1, -0.05) is 30.3 Å². The zero-order chi connectivity index (χ0) is 20.1. The maximum atomic E-state index is 13.8. The fourth-order valence-electron chi connectivity index (χ4n) is 2.71. The lowest BCUT2D eigenvalue weighted by molar-refractivity contribution is 0.102. The van der Waals surface area contributed by atoms with Crippen molar-refractivity contribution in [2.45, 2.75) is 13.5 Å². The second kappa shape index (κ2) is 8.56. The summed E-state index contributed by atoms with van der Waals surface area (Å²) in [5, 5.41) is 2.26. The van der Waals surface area contributed by atoms with E-state index in [4.69, 9.17) is 0 Å². The monoisotopic (exact) mass is 385 g/mol. The number of carbonyl (C=O) groups excluding carboxylic acids is 1. The Bertz CT molecular complexity index is 980. The molecular formula is C21H18F3N3O. The summed E-state index contributed by atoms with van der Waals surface area (Å²) in [7, 11) is 0. The van der Waals surface area contributed by atoms with Gasteiger partial charge in [-0.25, -0.2) is 18.2 Å². The molecule has 1 aromatic heterocycles. The first-order valence-corrected chi connectivity index (χ1v) is 8.69. The average molecular weight is 385 g/mol. The van der Waals surface area contributed by atoms with Crippen LogP contribution in [-0.2, 0) is 6.54 Å². The Morgan fingerprint density at radius 2 is 1.79 bits per heavy atom. The first-order valence-electron chi connectivity index (χ1n) is 8.69. The number of amides is 1. The van der Waals surface area contributed by atoms with E-state index in [0.29, 0.717) is 18.9 Å². The molecule has 0 bridgehead atoms. The number of benzene rings is 2. The summed E-state index contributed by atoms with van der Waals surface area (Å²) >= 11 is 0. The molecule has 3 aromatic rings. The summed E-state index contributed by atoms with van der Waals surface area (Å²) < 4.78 is 40.2. The summed E-state index contributed by atoms with van der Waals surface area (Å²) in [5.41, 5.74) is 0.879. The summed E-state index contributed by atoms with van der Waals surface area (Å²) in [5.74, 6) is -4.47. The van der Waals surface area contributed by atoms with Crippen LogP contribution in [0.1, 0.15) is 22.8 Å². The van der Waals surface area contributed by atoms with Crippen LogP contribution in [0.15, 0.2) is 60.8 Å². The van der Waals surface area contributed by atoms with Crippen LogP contribution in [0.4, 0.5) is 24.7 Å². The lowest BCUT2D eigenvalue weighted by Crippen LogP contribution is -2.23. The molecule has 0 saturated carbocycles. The second-order valence-electron chi connectivity index (χ2n) is 6.08. The third kappa shape index (κ3) is 4.31.